The fourth-order valence-electron chi connectivity index (χ4n) is 2.93. The minimum Gasteiger partial charge on any atom is -0.496 e. The Morgan fingerprint density at radius 3 is 2.50 bits per heavy atom. The molecule has 150 valence electrons. The summed E-state index contributed by atoms with van der Waals surface area (Å²) in [6.07, 6.45) is 0.639. The number of carbonyl (C=O) groups is 2. The van der Waals surface area contributed by atoms with Crippen molar-refractivity contribution in [3.05, 3.63) is 64.2 Å². The van der Waals surface area contributed by atoms with Crippen LogP contribution in [0.25, 0.3) is 0 Å². The van der Waals surface area contributed by atoms with E-state index in [0.717, 1.165) is 16.9 Å². The van der Waals surface area contributed by atoms with Crippen LogP contribution in [0, 0.1) is 12.8 Å². The molecule has 1 atom stereocenters. The van der Waals surface area contributed by atoms with E-state index in [2.05, 4.69) is 10.6 Å². The Morgan fingerprint density at radius 1 is 1.14 bits per heavy atom. The predicted molar refractivity (Wildman–Crippen MR) is 112 cm³/mol. The van der Waals surface area contributed by atoms with Gasteiger partial charge in [0.15, 0.2) is 0 Å². The molecule has 6 heteroatoms. The van der Waals surface area contributed by atoms with Gasteiger partial charge < -0.3 is 15.4 Å². The maximum Gasteiger partial charge on any atom is 0.253 e. The molecule has 2 amide bonds. The summed E-state index contributed by atoms with van der Waals surface area (Å²) in [4.78, 5) is 25.2. The van der Waals surface area contributed by atoms with E-state index < -0.39 is 6.04 Å². The molecule has 0 saturated heterocycles. The average molecular weight is 403 g/mol. The maximum absolute atomic E-state index is 12.7. The standard InChI is InChI=1S/C22H27ClN2O3/c1-14(2)20(25-21(26)17-7-5-6-8-18(17)23)22(27)24-12-11-16-13-15(3)9-10-19(16)28-4/h5-10,13-14,20H,11-12H2,1-4H3,(H,24,27)(H,25,26). The summed E-state index contributed by atoms with van der Waals surface area (Å²) in [5, 5.41) is 6.06. The van der Waals surface area contributed by atoms with Gasteiger partial charge in [-0.15, -0.1) is 0 Å². The van der Waals surface area contributed by atoms with Crippen LogP contribution in [0.5, 0.6) is 5.75 Å². The minimum absolute atomic E-state index is 0.0695. The number of rotatable bonds is 8. The number of aryl methyl sites for hydroxylation is 1. The van der Waals surface area contributed by atoms with Crippen molar-refractivity contribution in [2.75, 3.05) is 13.7 Å². The van der Waals surface area contributed by atoms with E-state index in [1.54, 1.807) is 31.4 Å². The van der Waals surface area contributed by atoms with Gasteiger partial charge in [-0.2, -0.15) is 0 Å². The van der Waals surface area contributed by atoms with Crippen LogP contribution in [0.2, 0.25) is 5.02 Å². The Morgan fingerprint density at radius 2 is 1.86 bits per heavy atom. The Labute approximate surface area is 171 Å². The van der Waals surface area contributed by atoms with E-state index in [-0.39, 0.29) is 17.7 Å². The summed E-state index contributed by atoms with van der Waals surface area (Å²) >= 11 is 6.08. The number of benzene rings is 2. The van der Waals surface area contributed by atoms with Gasteiger partial charge >= 0.3 is 0 Å². The molecular formula is C22H27ClN2O3. The van der Waals surface area contributed by atoms with E-state index in [0.29, 0.717) is 23.6 Å². The zero-order valence-electron chi connectivity index (χ0n) is 16.7. The van der Waals surface area contributed by atoms with Crippen LogP contribution in [0.3, 0.4) is 0 Å². The SMILES string of the molecule is COc1ccc(C)cc1CCNC(=O)C(NC(=O)c1ccccc1Cl)C(C)C. The first-order chi connectivity index (χ1) is 13.3. The third kappa shape index (κ3) is 5.73. The third-order valence-electron chi connectivity index (χ3n) is 4.48. The summed E-state index contributed by atoms with van der Waals surface area (Å²) in [6, 6.07) is 12.1. The molecule has 1 unspecified atom stereocenters. The van der Waals surface area contributed by atoms with E-state index in [1.807, 2.05) is 39.0 Å². The van der Waals surface area contributed by atoms with E-state index in [4.69, 9.17) is 16.3 Å². The lowest BCUT2D eigenvalue weighted by Gasteiger charge is -2.22. The molecule has 2 rings (SSSR count). The van der Waals surface area contributed by atoms with Crippen LogP contribution < -0.4 is 15.4 Å². The van der Waals surface area contributed by atoms with Gasteiger partial charge in [-0.3, -0.25) is 9.59 Å². The van der Waals surface area contributed by atoms with E-state index in [9.17, 15) is 9.59 Å². The molecule has 2 aromatic rings. The van der Waals surface area contributed by atoms with Crippen molar-refractivity contribution in [3.63, 3.8) is 0 Å². The van der Waals surface area contributed by atoms with Gasteiger partial charge in [-0.25, -0.2) is 0 Å². The van der Waals surface area contributed by atoms with Crippen molar-refractivity contribution in [2.45, 2.75) is 33.2 Å². The monoisotopic (exact) mass is 402 g/mol. The molecule has 2 aromatic carbocycles. The second kappa shape index (κ2) is 10.1. The highest BCUT2D eigenvalue weighted by Crippen LogP contribution is 2.20. The molecule has 0 fully saturated rings. The van der Waals surface area contributed by atoms with Crippen LogP contribution >= 0.6 is 11.6 Å². The molecule has 28 heavy (non-hydrogen) atoms. The third-order valence-corrected chi connectivity index (χ3v) is 4.81. The molecule has 0 aromatic heterocycles. The number of amides is 2. The minimum atomic E-state index is -0.650. The molecule has 0 heterocycles. The average Bonchev–Trinajstić information content (AvgIpc) is 2.66. The number of hydrogen-bond acceptors (Lipinski definition) is 3. The summed E-state index contributed by atoms with van der Waals surface area (Å²) in [5.41, 5.74) is 2.52. The topological polar surface area (TPSA) is 67.4 Å². The van der Waals surface area contributed by atoms with Crippen LogP contribution in [0.15, 0.2) is 42.5 Å². The van der Waals surface area contributed by atoms with Gasteiger partial charge in [0.05, 0.1) is 17.7 Å². The molecular weight excluding hydrogens is 376 g/mol. The lowest BCUT2D eigenvalue weighted by Crippen LogP contribution is -2.50. The highest BCUT2D eigenvalue weighted by atomic mass is 35.5. The van der Waals surface area contributed by atoms with Gasteiger partial charge in [0.1, 0.15) is 11.8 Å². The largest absolute Gasteiger partial charge is 0.496 e. The number of nitrogens with one attached hydrogen (secondary N) is 2. The Balaban J connectivity index is 1.99. The Kier molecular flexibility index (Phi) is 7.88. The van der Waals surface area contributed by atoms with Gasteiger partial charge in [0.25, 0.3) is 5.91 Å². The van der Waals surface area contributed by atoms with Crippen molar-refractivity contribution in [2.24, 2.45) is 5.92 Å². The molecule has 2 N–H and O–H groups in total. The first-order valence-corrected chi connectivity index (χ1v) is 9.68. The normalized spacial score (nSPS) is 11.8. The quantitative estimate of drug-likeness (QED) is 0.706. The smallest absolute Gasteiger partial charge is 0.253 e. The van der Waals surface area contributed by atoms with Gasteiger partial charge in [0.2, 0.25) is 5.91 Å². The van der Waals surface area contributed by atoms with Crippen molar-refractivity contribution >= 4 is 23.4 Å². The van der Waals surface area contributed by atoms with Gasteiger partial charge in [0, 0.05) is 6.54 Å². The highest BCUT2D eigenvalue weighted by molar-refractivity contribution is 6.33. The summed E-state index contributed by atoms with van der Waals surface area (Å²) in [5.74, 6) is 0.147. The molecule has 0 aliphatic heterocycles. The second-order valence-electron chi connectivity index (χ2n) is 7.03. The van der Waals surface area contributed by atoms with Crippen LogP contribution in [-0.2, 0) is 11.2 Å². The fraction of sp³-hybridized carbons (Fsp3) is 0.364. The Bertz CT molecular complexity index is 836. The van der Waals surface area contributed by atoms with E-state index >= 15 is 0 Å². The van der Waals surface area contributed by atoms with Gasteiger partial charge in [-0.05, 0) is 43.0 Å². The number of carbonyl (C=O) groups excluding carboxylic acids is 2. The Hall–Kier alpha value is -2.53. The summed E-state index contributed by atoms with van der Waals surface area (Å²) < 4.78 is 5.37. The van der Waals surface area contributed by atoms with Crippen molar-refractivity contribution in [3.8, 4) is 5.75 Å². The first-order valence-electron chi connectivity index (χ1n) is 9.30. The lowest BCUT2D eigenvalue weighted by molar-refractivity contribution is -0.123. The zero-order chi connectivity index (χ0) is 20.7. The van der Waals surface area contributed by atoms with Crippen molar-refractivity contribution in [1.82, 2.24) is 10.6 Å². The highest BCUT2D eigenvalue weighted by Gasteiger charge is 2.25. The van der Waals surface area contributed by atoms with Crippen molar-refractivity contribution < 1.29 is 14.3 Å². The zero-order valence-corrected chi connectivity index (χ0v) is 17.5. The lowest BCUT2D eigenvalue weighted by atomic mass is 10.0. The number of hydrogen-bond donors (Lipinski definition) is 2. The van der Waals surface area contributed by atoms with Crippen LogP contribution in [0.1, 0.15) is 35.3 Å². The summed E-state index contributed by atoms with van der Waals surface area (Å²) in [7, 11) is 1.63. The number of ether oxygens (including phenoxy) is 1. The fourth-order valence-corrected chi connectivity index (χ4v) is 3.15. The molecule has 0 bridgehead atoms. The van der Waals surface area contributed by atoms with Crippen molar-refractivity contribution in [1.29, 1.82) is 0 Å². The van der Waals surface area contributed by atoms with Gasteiger partial charge in [-0.1, -0.05) is 55.3 Å². The number of halogens is 1. The van der Waals surface area contributed by atoms with Crippen LogP contribution in [0.4, 0.5) is 0 Å². The molecule has 0 saturated carbocycles. The van der Waals surface area contributed by atoms with E-state index in [1.165, 1.54) is 0 Å². The summed E-state index contributed by atoms with van der Waals surface area (Å²) in [6.45, 7) is 6.24. The molecule has 0 spiro atoms. The molecule has 0 aliphatic carbocycles. The second-order valence-corrected chi connectivity index (χ2v) is 7.44. The first kappa shape index (κ1) is 21.8. The predicted octanol–water partition coefficient (Wildman–Crippen LogP) is 3.77. The van der Waals surface area contributed by atoms with Crippen LogP contribution in [-0.4, -0.2) is 31.5 Å². The number of methoxy groups -OCH3 is 1. The molecule has 0 aliphatic rings. The molecule has 0 radical (unpaired) electrons. The molecule has 5 nitrogen and oxygen atoms in total. The maximum atomic E-state index is 12.7.